The fraction of sp³-hybridized carbons (Fsp3) is 0.300. The first kappa shape index (κ1) is 13.1. The maximum absolute atomic E-state index is 11.2. The van der Waals surface area contributed by atoms with Gasteiger partial charge in [0.05, 0.1) is 11.4 Å². The first-order valence-electron chi connectivity index (χ1n) is 5.12. The molecule has 0 saturated heterocycles. The first-order chi connectivity index (χ1) is 8.60. The largest absolute Gasteiger partial charge is 0.437 e. The van der Waals surface area contributed by atoms with Gasteiger partial charge in [0.1, 0.15) is 5.76 Å². The van der Waals surface area contributed by atoms with Crippen molar-refractivity contribution in [3.05, 3.63) is 27.5 Å². The van der Waals surface area contributed by atoms with E-state index in [2.05, 4.69) is 15.4 Å². The minimum absolute atomic E-state index is 0.355. The van der Waals surface area contributed by atoms with E-state index in [-0.39, 0.29) is 5.91 Å². The average molecular weight is 284 g/mol. The van der Waals surface area contributed by atoms with Gasteiger partial charge in [-0.25, -0.2) is 15.8 Å². The molecule has 3 N–H and O–H groups in total. The Balaban J connectivity index is 1.98. The lowest BCUT2D eigenvalue weighted by Gasteiger charge is -1.93. The Hall–Kier alpha value is -1.38. The van der Waals surface area contributed by atoms with E-state index in [0.29, 0.717) is 16.0 Å². The fourth-order valence-corrected chi connectivity index (χ4v) is 2.81. The highest BCUT2D eigenvalue weighted by atomic mass is 32.2. The van der Waals surface area contributed by atoms with Crippen LogP contribution in [0.25, 0.3) is 0 Å². The van der Waals surface area contributed by atoms with E-state index >= 15 is 0 Å². The van der Waals surface area contributed by atoms with E-state index in [9.17, 15) is 4.79 Å². The van der Waals surface area contributed by atoms with Gasteiger partial charge in [-0.2, -0.15) is 0 Å². The van der Waals surface area contributed by atoms with E-state index in [1.807, 2.05) is 19.2 Å². The second-order valence-corrected chi connectivity index (χ2v) is 5.31. The summed E-state index contributed by atoms with van der Waals surface area (Å²) in [4.78, 5) is 19.6. The molecule has 6 nitrogen and oxygen atoms in total. The molecule has 1 amide bonds. The van der Waals surface area contributed by atoms with Crippen molar-refractivity contribution in [1.29, 1.82) is 0 Å². The quantitative estimate of drug-likeness (QED) is 0.384. The lowest BCUT2D eigenvalue weighted by molar-refractivity contribution is 0.0953. The SMILES string of the molecule is Cc1nc(SCc2csc(C(=O)NN)n2)oc1C. The molecule has 0 aliphatic rings. The molecular formula is C10H12N4O2S2. The van der Waals surface area contributed by atoms with Crippen LogP contribution in [-0.4, -0.2) is 15.9 Å². The summed E-state index contributed by atoms with van der Waals surface area (Å²) in [5.41, 5.74) is 3.74. The molecule has 2 rings (SSSR count). The zero-order valence-corrected chi connectivity index (χ0v) is 11.5. The van der Waals surface area contributed by atoms with Crippen molar-refractivity contribution in [2.75, 3.05) is 0 Å². The van der Waals surface area contributed by atoms with Gasteiger partial charge in [-0.15, -0.1) is 11.3 Å². The van der Waals surface area contributed by atoms with Crippen LogP contribution in [0.2, 0.25) is 0 Å². The van der Waals surface area contributed by atoms with Crippen LogP contribution in [0, 0.1) is 13.8 Å². The van der Waals surface area contributed by atoms with Gasteiger partial charge in [0.2, 0.25) is 0 Å². The van der Waals surface area contributed by atoms with Crippen LogP contribution in [0.3, 0.4) is 0 Å². The number of rotatable bonds is 4. The van der Waals surface area contributed by atoms with Crippen molar-refractivity contribution in [2.24, 2.45) is 5.84 Å². The first-order valence-corrected chi connectivity index (χ1v) is 6.99. The van der Waals surface area contributed by atoms with Crippen LogP contribution in [0.1, 0.15) is 27.0 Å². The minimum atomic E-state index is -0.376. The number of nitrogens with two attached hydrogens (primary N) is 1. The standard InChI is InChI=1S/C10H12N4O2S2/c1-5-6(2)16-10(12-5)18-4-7-3-17-9(13-7)8(15)14-11/h3H,4,11H2,1-2H3,(H,14,15). The third-order valence-corrected chi connectivity index (χ3v) is 3.98. The van der Waals surface area contributed by atoms with Gasteiger partial charge < -0.3 is 4.42 Å². The van der Waals surface area contributed by atoms with Crippen LogP contribution in [0.4, 0.5) is 0 Å². The number of aromatic nitrogens is 2. The zero-order chi connectivity index (χ0) is 13.1. The molecule has 96 valence electrons. The smallest absolute Gasteiger partial charge is 0.294 e. The molecule has 0 spiro atoms. The number of carbonyl (C=O) groups is 1. The molecule has 8 heteroatoms. The molecule has 18 heavy (non-hydrogen) atoms. The van der Waals surface area contributed by atoms with Crippen molar-refractivity contribution in [2.45, 2.75) is 24.8 Å². The molecule has 0 aliphatic carbocycles. The Morgan fingerprint density at radius 2 is 2.33 bits per heavy atom. The number of hydrogen-bond donors (Lipinski definition) is 2. The summed E-state index contributed by atoms with van der Waals surface area (Å²) in [6, 6.07) is 0. The Morgan fingerprint density at radius 1 is 1.56 bits per heavy atom. The van der Waals surface area contributed by atoms with E-state index in [1.54, 1.807) is 0 Å². The number of thioether (sulfide) groups is 1. The molecular weight excluding hydrogens is 272 g/mol. The Kier molecular flexibility index (Phi) is 4.00. The third-order valence-electron chi connectivity index (χ3n) is 2.23. The zero-order valence-electron chi connectivity index (χ0n) is 9.89. The van der Waals surface area contributed by atoms with Crippen molar-refractivity contribution in [3.63, 3.8) is 0 Å². The summed E-state index contributed by atoms with van der Waals surface area (Å²) in [5, 5.41) is 2.79. The van der Waals surface area contributed by atoms with Crippen LogP contribution in [-0.2, 0) is 5.75 Å². The Labute approximate surface area is 112 Å². The number of nitrogens with one attached hydrogen (secondary N) is 1. The van der Waals surface area contributed by atoms with Gasteiger partial charge in [0.15, 0.2) is 5.01 Å². The van der Waals surface area contributed by atoms with Gasteiger partial charge in [-0.1, -0.05) is 11.8 Å². The number of thiazole rings is 1. The van der Waals surface area contributed by atoms with Gasteiger partial charge in [-0.3, -0.25) is 10.2 Å². The number of carbonyl (C=O) groups excluding carboxylic acids is 1. The van der Waals surface area contributed by atoms with E-state index in [4.69, 9.17) is 10.3 Å². The Morgan fingerprint density at radius 3 is 2.94 bits per heavy atom. The van der Waals surface area contributed by atoms with Crippen LogP contribution < -0.4 is 11.3 Å². The predicted molar refractivity (Wildman–Crippen MR) is 69.3 cm³/mol. The average Bonchev–Trinajstić information content (AvgIpc) is 2.94. The third kappa shape index (κ3) is 2.89. The highest BCUT2D eigenvalue weighted by molar-refractivity contribution is 7.98. The monoisotopic (exact) mass is 284 g/mol. The molecule has 2 aromatic rings. The van der Waals surface area contributed by atoms with Crippen molar-refractivity contribution in [1.82, 2.24) is 15.4 Å². The van der Waals surface area contributed by atoms with Gasteiger partial charge in [0, 0.05) is 11.1 Å². The predicted octanol–water partition coefficient (Wildman–Crippen LogP) is 1.64. The number of aryl methyl sites for hydroxylation is 2. The van der Waals surface area contributed by atoms with Crippen LogP contribution in [0.5, 0.6) is 0 Å². The molecule has 0 atom stereocenters. The second-order valence-electron chi connectivity index (χ2n) is 3.53. The van der Waals surface area contributed by atoms with Crippen molar-refractivity contribution in [3.8, 4) is 0 Å². The summed E-state index contributed by atoms with van der Waals surface area (Å²) >= 11 is 2.70. The Bertz CT molecular complexity index is 544. The lowest BCUT2D eigenvalue weighted by Crippen LogP contribution is -2.29. The normalized spacial score (nSPS) is 10.6. The molecule has 0 saturated carbocycles. The van der Waals surface area contributed by atoms with Gasteiger partial charge in [-0.05, 0) is 13.8 Å². The number of amides is 1. The number of hydrazine groups is 1. The number of hydrogen-bond acceptors (Lipinski definition) is 7. The summed E-state index contributed by atoms with van der Waals surface area (Å²) < 4.78 is 5.44. The van der Waals surface area contributed by atoms with Crippen molar-refractivity contribution >= 4 is 29.0 Å². The molecule has 0 aliphatic heterocycles. The minimum Gasteiger partial charge on any atom is -0.437 e. The second kappa shape index (κ2) is 5.51. The molecule has 2 aromatic heterocycles. The highest BCUT2D eigenvalue weighted by Crippen LogP contribution is 2.24. The fourth-order valence-electron chi connectivity index (χ4n) is 1.18. The number of nitrogen functional groups attached to an aromatic ring is 1. The van der Waals surface area contributed by atoms with Crippen LogP contribution in [0.15, 0.2) is 15.0 Å². The highest BCUT2D eigenvalue weighted by Gasteiger charge is 2.11. The summed E-state index contributed by atoms with van der Waals surface area (Å²) in [6.45, 7) is 3.77. The lowest BCUT2D eigenvalue weighted by atomic mass is 10.4. The molecule has 2 heterocycles. The summed E-state index contributed by atoms with van der Waals surface area (Å²) in [6.07, 6.45) is 0. The molecule has 0 radical (unpaired) electrons. The maximum atomic E-state index is 11.2. The van der Waals surface area contributed by atoms with Crippen LogP contribution >= 0.6 is 23.1 Å². The molecule has 0 fully saturated rings. The summed E-state index contributed by atoms with van der Waals surface area (Å²) in [5.74, 6) is 6.08. The topological polar surface area (TPSA) is 94.0 Å². The molecule has 0 unspecified atom stereocenters. The van der Waals surface area contributed by atoms with Gasteiger partial charge >= 0.3 is 0 Å². The summed E-state index contributed by atoms with van der Waals surface area (Å²) in [7, 11) is 0. The molecule has 0 bridgehead atoms. The van der Waals surface area contributed by atoms with Crippen molar-refractivity contribution < 1.29 is 9.21 Å². The maximum Gasteiger partial charge on any atom is 0.294 e. The number of nitrogens with zero attached hydrogens (tertiary/aromatic N) is 2. The molecule has 0 aromatic carbocycles. The van der Waals surface area contributed by atoms with Gasteiger partial charge in [0.25, 0.3) is 11.1 Å². The number of oxazole rings is 1. The van der Waals surface area contributed by atoms with E-state index in [1.165, 1.54) is 23.1 Å². The van der Waals surface area contributed by atoms with E-state index in [0.717, 1.165) is 17.1 Å². The van der Waals surface area contributed by atoms with E-state index < -0.39 is 0 Å².